The minimum absolute atomic E-state index is 0.269. The molecular formula is C12H12ClN3O2. The first-order valence-corrected chi connectivity index (χ1v) is 5.59. The number of hydrogen-bond donors (Lipinski definition) is 1. The minimum Gasteiger partial charge on any atom is -0.496 e. The van der Waals surface area contributed by atoms with Crippen molar-refractivity contribution in [3.63, 3.8) is 0 Å². The summed E-state index contributed by atoms with van der Waals surface area (Å²) in [4.78, 5) is 16.1. The van der Waals surface area contributed by atoms with Gasteiger partial charge in [0.05, 0.1) is 23.4 Å². The summed E-state index contributed by atoms with van der Waals surface area (Å²) < 4.78 is 6.59. The number of ether oxygens (including phenoxy) is 1. The second-order valence-corrected chi connectivity index (χ2v) is 4.16. The predicted octanol–water partition coefficient (Wildman–Crippen LogP) is 2.12. The van der Waals surface area contributed by atoms with Crippen molar-refractivity contribution in [2.75, 3.05) is 12.8 Å². The fraction of sp³-hybridized carbons (Fsp3) is 0.167. The molecule has 0 fully saturated rings. The molecule has 2 aromatic rings. The van der Waals surface area contributed by atoms with E-state index >= 15 is 0 Å². The standard InChI is InChI=1S/C12H12ClN3O2/c1-7-10(14)9(13)5-8(11(7)18-2)12(17)16-4-3-15-6-16/h3-6H,14H2,1-2H3. The molecule has 1 heterocycles. The average Bonchev–Trinajstić information content (AvgIpc) is 2.88. The highest BCUT2D eigenvalue weighted by atomic mass is 35.5. The van der Waals surface area contributed by atoms with E-state index in [9.17, 15) is 4.79 Å². The zero-order valence-corrected chi connectivity index (χ0v) is 10.7. The first-order valence-electron chi connectivity index (χ1n) is 5.21. The van der Waals surface area contributed by atoms with Crippen LogP contribution in [0.1, 0.15) is 15.9 Å². The monoisotopic (exact) mass is 265 g/mol. The van der Waals surface area contributed by atoms with E-state index in [0.29, 0.717) is 27.6 Å². The minimum atomic E-state index is -0.269. The van der Waals surface area contributed by atoms with Crippen LogP contribution in [0.15, 0.2) is 24.8 Å². The Bertz CT molecular complexity index is 594. The van der Waals surface area contributed by atoms with E-state index in [0.717, 1.165) is 0 Å². The highest BCUT2D eigenvalue weighted by Gasteiger charge is 2.19. The number of anilines is 1. The predicted molar refractivity (Wildman–Crippen MR) is 69.1 cm³/mol. The summed E-state index contributed by atoms with van der Waals surface area (Å²) in [6.45, 7) is 1.75. The van der Waals surface area contributed by atoms with Crippen LogP contribution in [-0.4, -0.2) is 22.6 Å². The lowest BCUT2D eigenvalue weighted by Crippen LogP contribution is -2.13. The molecule has 5 nitrogen and oxygen atoms in total. The SMILES string of the molecule is COc1c(C(=O)n2ccnc2)cc(Cl)c(N)c1C. The fourth-order valence-corrected chi connectivity index (χ4v) is 1.96. The number of rotatable bonds is 2. The second-order valence-electron chi connectivity index (χ2n) is 3.75. The van der Waals surface area contributed by atoms with Gasteiger partial charge in [-0.3, -0.25) is 9.36 Å². The van der Waals surface area contributed by atoms with Gasteiger partial charge in [-0.2, -0.15) is 0 Å². The van der Waals surface area contributed by atoms with Gasteiger partial charge in [-0.1, -0.05) is 11.6 Å². The van der Waals surface area contributed by atoms with Crippen LogP contribution in [0.4, 0.5) is 5.69 Å². The van der Waals surface area contributed by atoms with Crippen LogP contribution < -0.4 is 10.5 Å². The maximum absolute atomic E-state index is 12.2. The van der Waals surface area contributed by atoms with E-state index in [-0.39, 0.29) is 5.91 Å². The number of imidazole rings is 1. The van der Waals surface area contributed by atoms with Gasteiger partial charge in [0.1, 0.15) is 12.1 Å². The first-order chi connectivity index (χ1) is 8.56. The number of aromatic nitrogens is 2. The van der Waals surface area contributed by atoms with Crippen molar-refractivity contribution >= 4 is 23.2 Å². The summed E-state index contributed by atoms with van der Waals surface area (Å²) in [5.41, 5.74) is 7.22. The smallest absolute Gasteiger partial charge is 0.266 e. The molecule has 0 bridgehead atoms. The Hall–Kier alpha value is -2.01. The number of carbonyl (C=O) groups excluding carboxylic acids is 1. The van der Waals surface area contributed by atoms with Gasteiger partial charge in [-0.25, -0.2) is 4.98 Å². The van der Waals surface area contributed by atoms with E-state index in [1.807, 2.05) is 0 Å². The van der Waals surface area contributed by atoms with Crippen molar-refractivity contribution in [3.8, 4) is 5.75 Å². The molecular weight excluding hydrogens is 254 g/mol. The van der Waals surface area contributed by atoms with Crippen LogP contribution >= 0.6 is 11.6 Å². The van der Waals surface area contributed by atoms with E-state index in [1.54, 1.807) is 13.1 Å². The molecule has 0 aliphatic rings. The average molecular weight is 266 g/mol. The van der Waals surface area contributed by atoms with Crippen molar-refractivity contribution < 1.29 is 9.53 Å². The highest BCUT2D eigenvalue weighted by molar-refractivity contribution is 6.33. The number of nitrogens with zero attached hydrogens (tertiary/aromatic N) is 2. The van der Waals surface area contributed by atoms with Gasteiger partial charge in [-0.05, 0) is 13.0 Å². The Balaban J connectivity index is 2.61. The van der Waals surface area contributed by atoms with Crippen molar-refractivity contribution in [1.82, 2.24) is 9.55 Å². The molecule has 94 valence electrons. The summed E-state index contributed by atoms with van der Waals surface area (Å²) >= 11 is 6.00. The Morgan fingerprint density at radius 1 is 1.56 bits per heavy atom. The van der Waals surface area contributed by atoms with Crippen LogP contribution in [0.25, 0.3) is 0 Å². The molecule has 1 aromatic carbocycles. The summed E-state index contributed by atoms with van der Waals surface area (Å²) in [6, 6.07) is 1.51. The third-order valence-electron chi connectivity index (χ3n) is 2.69. The van der Waals surface area contributed by atoms with E-state index < -0.39 is 0 Å². The molecule has 6 heteroatoms. The summed E-state index contributed by atoms with van der Waals surface area (Å²) in [5.74, 6) is 0.157. The van der Waals surface area contributed by atoms with Gasteiger partial charge in [0, 0.05) is 18.0 Å². The normalized spacial score (nSPS) is 10.4. The lowest BCUT2D eigenvalue weighted by Gasteiger charge is -2.14. The molecule has 0 unspecified atom stereocenters. The molecule has 0 amide bonds. The number of nitrogen functional groups attached to an aromatic ring is 1. The number of hydrogen-bond acceptors (Lipinski definition) is 4. The Labute approximate surface area is 109 Å². The van der Waals surface area contributed by atoms with Gasteiger partial charge in [0.2, 0.25) is 0 Å². The Kier molecular flexibility index (Phi) is 3.25. The molecule has 0 saturated carbocycles. The number of benzene rings is 1. The lowest BCUT2D eigenvalue weighted by molar-refractivity contribution is 0.0956. The van der Waals surface area contributed by atoms with Gasteiger partial charge in [-0.15, -0.1) is 0 Å². The molecule has 0 aliphatic heterocycles. The molecule has 0 radical (unpaired) electrons. The van der Waals surface area contributed by atoms with E-state index in [4.69, 9.17) is 22.1 Å². The molecule has 0 aliphatic carbocycles. The molecule has 0 spiro atoms. The summed E-state index contributed by atoms with van der Waals surface area (Å²) in [6.07, 6.45) is 4.50. The number of halogens is 1. The maximum Gasteiger partial charge on any atom is 0.266 e. The Morgan fingerprint density at radius 3 is 2.83 bits per heavy atom. The highest BCUT2D eigenvalue weighted by Crippen LogP contribution is 2.34. The zero-order valence-electron chi connectivity index (χ0n) is 9.98. The third kappa shape index (κ3) is 1.93. The van der Waals surface area contributed by atoms with Crippen molar-refractivity contribution in [2.24, 2.45) is 0 Å². The van der Waals surface area contributed by atoms with Gasteiger partial charge in [0.25, 0.3) is 5.91 Å². The maximum atomic E-state index is 12.2. The molecule has 2 rings (SSSR count). The number of methoxy groups -OCH3 is 1. The zero-order chi connectivity index (χ0) is 13.3. The fourth-order valence-electron chi connectivity index (χ4n) is 1.71. The van der Waals surface area contributed by atoms with Gasteiger partial charge in [0.15, 0.2) is 0 Å². The van der Waals surface area contributed by atoms with Crippen LogP contribution in [0, 0.1) is 6.92 Å². The summed E-state index contributed by atoms with van der Waals surface area (Å²) in [7, 11) is 1.49. The van der Waals surface area contributed by atoms with E-state index in [1.165, 1.54) is 30.3 Å². The summed E-state index contributed by atoms with van der Waals surface area (Å²) in [5, 5.41) is 0.330. The first kappa shape index (κ1) is 12.4. The second kappa shape index (κ2) is 4.70. The molecule has 1 aromatic heterocycles. The van der Waals surface area contributed by atoms with Gasteiger partial charge < -0.3 is 10.5 Å². The van der Waals surface area contributed by atoms with E-state index in [2.05, 4.69) is 4.98 Å². The topological polar surface area (TPSA) is 70.1 Å². The molecule has 2 N–H and O–H groups in total. The van der Waals surface area contributed by atoms with Crippen LogP contribution in [0.5, 0.6) is 5.75 Å². The third-order valence-corrected chi connectivity index (χ3v) is 3.00. The van der Waals surface area contributed by atoms with Crippen LogP contribution in [-0.2, 0) is 0 Å². The van der Waals surface area contributed by atoms with Crippen molar-refractivity contribution in [3.05, 3.63) is 40.9 Å². The quantitative estimate of drug-likeness (QED) is 0.845. The van der Waals surface area contributed by atoms with Crippen LogP contribution in [0.2, 0.25) is 5.02 Å². The largest absolute Gasteiger partial charge is 0.496 e. The number of nitrogens with two attached hydrogens (primary N) is 1. The van der Waals surface area contributed by atoms with Crippen molar-refractivity contribution in [1.29, 1.82) is 0 Å². The lowest BCUT2D eigenvalue weighted by atomic mass is 10.1. The van der Waals surface area contributed by atoms with Gasteiger partial charge >= 0.3 is 0 Å². The molecule has 0 atom stereocenters. The Morgan fingerprint density at radius 2 is 2.28 bits per heavy atom. The number of carbonyl (C=O) groups is 1. The molecule has 18 heavy (non-hydrogen) atoms. The van der Waals surface area contributed by atoms with Crippen molar-refractivity contribution in [2.45, 2.75) is 6.92 Å². The molecule has 0 saturated heterocycles. The van der Waals surface area contributed by atoms with Crippen LogP contribution in [0.3, 0.4) is 0 Å².